The molecule has 6 nitrogen and oxygen atoms in total. The van der Waals surface area contributed by atoms with Crippen molar-refractivity contribution in [3.05, 3.63) is 12.0 Å². The highest BCUT2D eigenvalue weighted by Crippen LogP contribution is 2.32. The first-order valence-electron chi connectivity index (χ1n) is 5.36. The highest BCUT2D eigenvalue weighted by atomic mass is 31.2. The number of nitrogens with zero attached hydrogens (tertiary/aromatic N) is 1. The standard InChI is InChI=1S/C10H18NO5P/c1-10(2,3)15-9(12)11-7-5-4-6-8(11)16-17(13)14/h6,13-14H,4-5,7H2,1-3H3. The molecule has 1 aliphatic rings. The summed E-state index contributed by atoms with van der Waals surface area (Å²) in [4.78, 5) is 30.7. The van der Waals surface area contributed by atoms with E-state index in [1.807, 2.05) is 0 Å². The van der Waals surface area contributed by atoms with Gasteiger partial charge in [0.1, 0.15) is 5.60 Å². The number of hydrogen-bond acceptors (Lipinski definition) is 5. The molecule has 0 aliphatic carbocycles. The van der Waals surface area contributed by atoms with Crippen molar-refractivity contribution in [2.24, 2.45) is 0 Å². The van der Waals surface area contributed by atoms with Gasteiger partial charge in [0.15, 0.2) is 0 Å². The normalized spacial score (nSPS) is 16.8. The van der Waals surface area contributed by atoms with E-state index >= 15 is 0 Å². The number of amides is 1. The van der Waals surface area contributed by atoms with E-state index in [2.05, 4.69) is 0 Å². The lowest BCUT2D eigenvalue weighted by Gasteiger charge is -2.30. The van der Waals surface area contributed by atoms with Crippen molar-refractivity contribution in [1.82, 2.24) is 4.90 Å². The van der Waals surface area contributed by atoms with Crippen molar-refractivity contribution in [1.29, 1.82) is 0 Å². The number of allylic oxidation sites excluding steroid dienone is 1. The van der Waals surface area contributed by atoms with Gasteiger partial charge >= 0.3 is 14.7 Å². The number of carbonyl (C=O) groups is 1. The first kappa shape index (κ1) is 14.2. The monoisotopic (exact) mass is 263 g/mol. The van der Waals surface area contributed by atoms with Gasteiger partial charge in [0.2, 0.25) is 5.88 Å². The summed E-state index contributed by atoms with van der Waals surface area (Å²) in [5.41, 5.74) is -0.594. The van der Waals surface area contributed by atoms with Gasteiger partial charge in [-0.2, -0.15) is 0 Å². The molecule has 0 saturated heterocycles. The van der Waals surface area contributed by atoms with Crippen LogP contribution in [0.4, 0.5) is 4.79 Å². The molecule has 1 heterocycles. The molecule has 17 heavy (non-hydrogen) atoms. The predicted octanol–water partition coefficient (Wildman–Crippen LogP) is 2.09. The quantitative estimate of drug-likeness (QED) is 0.746. The van der Waals surface area contributed by atoms with Crippen LogP contribution in [0.5, 0.6) is 0 Å². The van der Waals surface area contributed by atoms with E-state index in [9.17, 15) is 4.79 Å². The van der Waals surface area contributed by atoms with E-state index in [0.717, 1.165) is 12.8 Å². The fourth-order valence-electron chi connectivity index (χ4n) is 1.36. The van der Waals surface area contributed by atoms with E-state index in [0.29, 0.717) is 6.54 Å². The number of rotatable bonds is 2. The first-order chi connectivity index (χ1) is 7.79. The highest BCUT2D eigenvalue weighted by molar-refractivity contribution is 7.39. The van der Waals surface area contributed by atoms with Crippen molar-refractivity contribution in [3.8, 4) is 0 Å². The second-order valence-corrected chi connectivity index (χ2v) is 5.35. The summed E-state index contributed by atoms with van der Waals surface area (Å²) < 4.78 is 10.0. The molecule has 1 aliphatic heterocycles. The second-order valence-electron chi connectivity index (χ2n) is 4.66. The Morgan fingerprint density at radius 3 is 2.65 bits per heavy atom. The molecule has 0 bridgehead atoms. The lowest BCUT2D eigenvalue weighted by molar-refractivity contribution is 0.0220. The number of hydrogen-bond donors (Lipinski definition) is 2. The van der Waals surface area contributed by atoms with Gasteiger partial charge in [-0.25, -0.2) is 9.69 Å². The third kappa shape index (κ3) is 4.89. The summed E-state index contributed by atoms with van der Waals surface area (Å²) in [6, 6.07) is 0. The summed E-state index contributed by atoms with van der Waals surface area (Å²) in [6.07, 6.45) is 2.63. The Kier molecular flexibility index (Phi) is 4.74. The fraction of sp³-hybridized carbons (Fsp3) is 0.700. The molecule has 0 radical (unpaired) electrons. The third-order valence-corrected chi connectivity index (χ3v) is 2.31. The summed E-state index contributed by atoms with van der Waals surface area (Å²) in [5.74, 6) is 0.154. The van der Waals surface area contributed by atoms with Crippen molar-refractivity contribution in [2.45, 2.75) is 39.2 Å². The van der Waals surface area contributed by atoms with E-state index < -0.39 is 20.3 Å². The van der Waals surface area contributed by atoms with Crippen LogP contribution in [0.2, 0.25) is 0 Å². The Morgan fingerprint density at radius 1 is 1.47 bits per heavy atom. The lowest BCUT2D eigenvalue weighted by Crippen LogP contribution is -2.38. The maximum absolute atomic E-state index is 11.8. The van der Waals surface area contributed by atoms with E-state index in [1.165, 1.54) is 4.90 Å². The van der Waals surface area contributed by atoms with Crippen LogP contribution in [0, 0.1) is 0 Å². The zero-order chi connectivity index (χ0) is 13.1. The molecule has 0 saturated carbocycles. The van der Waals surface area contributed by atoms with Gasteiger partial charge in [0.05, 0.1) is 0 Å². The second kappa shape index (κ2) is 5.67. The zero-order valence-corrected chi connectivity index (χ0v) is 11.1. The first-order valence-corrected chi connectivity index (χ1v) is 6.52. The average molecular weight is 263 g/mol. The SMILES string of the molecule is CC(C)(C)OC(=O)N1CCCC=C1OP(O)O. The molecule has 0 aromatic carbocycles. The Hall–Kier alpha value is -0.840. The molecule has 7 heteroatoms. The maximum Gasteiger partial charge on any atom is 0.417 e. The maximum atomic E-state index is 11.8. The third-order valence-electron chi connectivity index (χ3n) is 1.96. The molecule has 1 rings (SSSR count). The van der Waals surface area contributed by atoms with Gasteiger partial charge in [-0.05, 0) is 39.7 Å². The molecular weight excluding hydrogens is 245 g/mol. The zero-order valence-electron chi connectivity index (χ0n) is 10.2. The average Bonchev–Trinajstić information content (AvgIpc) is 2.14. The molecule has 0 unspecified atom stereocenters. The van der Waals surface area contributed by atoms with Gasteiger partial charge in [-0.1, -0.05) is 0 Å². The minimum absolute atomic E-state index is 0.154. The molecule has 2 N–H and O–H groups in total. The topological polar surface area (TPSA) is 79.2 Å². The smallest absolute Gasteiger partial charge is 0.417 e. The molecule has 0 aromatic rings. The van der Waals surface area contributed by atoms with Crippen LogP contribution in [0.15, 0.2) is 12.0 Å². The summed E-state index contributed by atoms with van der Waals surface area (Å²) in [6.45, 7) is 5.75. The van der Waals surface area contributed by atoms with Crippen LogP contribution in [0.1, 0.15) is 33.6 Å². The molecule has 0 atom stereocenters. The molecule has 1 amide bonds. The van der Waals surface area contributed by atoms with E-state index in [4.69, 9.17) is 19.0 Å². The summed E-state index contributed by atoms with van der Waals surface area (Å²) >= 11 is 0. The van der Waals surface area contributed by atoms with E-state index in [-0.39, 0.29) is 5.88 Å². The Balaban J connectivity index is 2.70. The molecule has 98 valence electrons. The molecular formula is C10H18NO5P. The van der Waals surface area contributed by atoms with Gasteiger partial charge in [-0.15, -0.1) is 0 Å². The van der Waals surface area contributed by atoms with Crippen molar-refractivity contribution in [2.75, 3.05) is 6.54 Å². The number of carbonyl (C=O) groups excluding carboxylic acids is 1. The number of ether oxygens (including phenoxy) is 1. The van der Waals surface area contributed by atoms with Crippen LogP contribution in [0.25, 0.3) is 0 Å². The van der Waals surface area contributed by atoms with Gasteiger partial charge in [0.25, 0.3) is 0 Å². The van der Waals surface area contributed by atoms with Gasteiger partial charge in [-0.3, -0.25) is 0 Å². The van der Waals surface area contributed by atoms with Crippen LogP contribution < -0.4 is 0 Å². The van der Waals surface area contributed by atoms with Crippen LogP contribution in [-0.2, 0) is 9.26 Å². The molecule has 0 fully saturated rings. The predicted molar refractivity (Wildman–Crippen MR) is 62.7 cm³/mol. The Labute approximate surface area is 102 Å². The molecule has 0 spiro atoms. The lowest BCUT2D eigenvalue weighted by atomic mass is 10.2. The summed E-state index contributed by atoms with van der Waals surface area (Å²) in [5, 5.41) is 0. The van der Waals surface area contributed by atoms with Crippen LogP contribution in [-0.4, -0.2) is 32.9 Å². The Morgan fingerprint density at radius 2 is 2.12 bits per heavy atom. The minimum Gasteiger partial charge on any atom is -0.443 e. The fourth-order valence-corrected chi connectivity index (χ4v) is 1.70. The van der Waals surface area contributed by atoms with Gasteiger partial charge in [0, 0.05) is 6.54 Å². The largest absolute Gasteiger partial charge is 0.443 e. The minimum atomic E-state index is -2.53. The van der Waals surface area contributed by atoms with E-state index in [1.54, 1.807) is 26.8 Å². The van der Waals surface area contributed by atoms with Crippen molar-refractivity contribution < 1.29 is 23.8 Å². The summed E-state index contributed by atoms with van der Waals surface area (Å²) in [7, 11) is -2.53. The van der Waals surface area contributed by atoms with Crippen LogP contribution in [0.3, 0.4) is 0 Å². The highest BCUT2D eigenvalue weighted by Gasteiger charge is 2.28. The van der Waals surface area contributed by atoms with Crippen molar-refractivity contribution in [3.63, 3.8) is 0 Å². The van der Waals surface area contributed by atoms with Crippen molar-refractivity contribution >= 4 is 14.7 Å². The molecule has 0 aromatic heterocycles. The Bertz CT molecular complexity index is 310. The van der Waals surface area contributed by atoms with Crippen LogP contribution >= 0.6 is 8.60 Å². The van der Waals surface area contributed by atoms with Gasteiger partial charge < -0.3 is 19.0 Å².